The zero-order valence-corrected chi connectivity index (χ0v) is 32.3. The lowest BCUT2D eigenvalue weighted by Gasteiger charge is -2.38. The van der Waals surface area contributed by atoms with Gasteiger partial charge in [-0.2, -0.15) is 0 Å². The summed E-state index contributed by atoms with van der Waals surface area (Å²) in [4.78, 5) is 1.71. The van der Waals surface area contributed by atoms with Crippen LogP contribution in [0.2, 0.25) is 0 Å². The molecule has 0 bridgehead atoms. The van der Waals surface area contributed by atoms with Crippen LogP contribution in [0, 0.1) is 0 Å². The van der Waals surface area contributed by atoms with Crippen molar-refractivity contribution in [1.82, 2.24) is 0 Å². The lowest BCUT2D eigenvalue weighted by molar-refractivity contribution is 1.36. The molecule has 0 saturated heterocycles. The SMILES string of the molecule is [B]c1c([B])c([B])c(-c2c([B])c([B])c(N(c3c([B])c([B])c(-c4ccc5ccc6ccccc6c5c4)c([B])c3[B])c3cc4ccccc4c4ccccc34)c([B])c2[B])c([B])c1[B]. The van der Waals surface area contributed by atoms with Crippen LogP contribution in [0.3, 0.4) is 0 Å². The van der Waals surface area contributed by atoms with Crippen molar-refractivity contribution in [1.29, 1.82) is 0 Å². The number of hydrogen-bond donors (Lipinski definition) is 0. The molecule has 0 unspecified atom stereocenters. The van der Waals surface area contributed by atoms with Crippen molar-refractivity contribution in [3.63, 3.8) is 0 Å². The Labute approximate surface area is 367 Å². The van der Waals surface area contributed by atoms with Crippen molar-refractivity contribution in [3.8, 4) is 22.3 Å². The van der Waals surface area contributed by atoms with Crippen LogP contribution < -0.4 is 75.9 Å². The summed E-state index contributed by atoms with van der Waals surface area (Å²) in [6.07, 6.45) is 0. The fourth-order valence-corrected chi connectivity index (χ4v) is 8.54. The second kappa shape index (κ2) is 15.0. The molecule has 26 radical (unpaired) electrons. The summed E-state index contributed by atoms with van der Waals surface area (Å²) < 4.78 is 0. The molecule has 0 aliphatic carbocycles. The predicted molar refractivity (Wildman–Crippen MR) is 272 cm³/mol. The van der Waals surface area contributed by atoms with Gasteiger partial charge >= 0.3 is 0 Å². The molecular formula is C46H18B13N. The summed E-state index contributed by atoms with van der Waals surface area (Å²) >= 11 is 0. The van der Waals surface area contributed by atoms with Gasteiger partial charge in [0, 0.05) is 16.8 Å². The van der Waals surface area contributed by atoms with E-state index in [1.54, 1.807) is 4.90 Å². The molecular weight excluding hydrogens is 707 g/mol. The Bertz CT molecular complexity index is 3240. The van der Waals surface area contributed by atoms with Crippen LogP contribution >= 0.6 is 0 Å². The van der Waals surface area contributed by atoms with Crippen molar-refractivity contribution in [3.05, 3.63) is 109 Å². The molecule has 0 saturated carbocycles. The van der Waals surface area contributed by atoms with Gasteiger partial charge in [-0.3, -0.25) is 0 Å². The summed E-state index contributed by atoms with van der Waals surface area (Å²) in [5, 5.41) is 7.78. The number of nitrogens with zero attached hydrogens (tertiary/aromatic N) is 1. The largest absolute Gasteiger partial charge is 0.312 e. The molecule has 9 aromatic rings. The van der Waals surface area contributed by atoms with E-state index in [1.165, 1.54) is 0 Å². The van der Waals surface area contributed by atoms with Crippen molar-refractivity contribution in [2.45, 2.75) is 0 Å². The van der Waals surface area contributed by atoms with E-state index in [9.17, 15) is 0 Å². The van der Waals surface area contributed by atoms with Crippen LogP contribution in [-0.4, -0.2) is 102 Å². The number of anilines is 3. The Kier molecular flexibility index (Phi) is 10.0. The number of rotatable bonds is 5. The van der Waals surface area contributed by atoms with E-state index in [4.69, 9.17) is 102 Å². The average molecular weight is 725 g/mol. The molecule has 14 heteroatoms. The van der Waals surface area contributed by atoms with Crippen LogP contribution in [0.1, 0.15) is 0 Å². The minimum Gasteiger partial charge on any atom is -0.312 e. The molecule has 0 aliphatic heterocycles. The topological polar surface area (TPSA) is 3.24 Å². The highest BCUT2D eigenvalue weighted by atomic mass is 15.2. The van der Waals surface area contributed by atoms with Gasteiger partial charge in [0.25, 0.3) is 0 Å². The Hall–Kier alpha value is -5.34. The first-order valence-electron chi connectivity index (χ1n) is 18.9. The van der Waals surface area contributed by atoms with E-state index in [2.05, 4.69) is 24.3 Å². The summed E-state index contributed by atoms with van der Waals surface area (Å²) in [5.41, 5.74) is 2.74. The van der Waals surface area contributed by atoms with Gasteiger partial charge in [0.2, 0.25) is 0 Å². The van der Waals surface area contributed by atoms with E-state index in [-0.39, 0.29) is 93.5 Å². The molecule has 0 aliphatic rings. The summed E-state index contributed by atoms with van der Waals surface area (Å²) in [6.45, 7) is 0. The van der Waals surface area contributed by atoms with Gasteiger partial charge in [0.05, 0.1) is 5.69 Å². The van der Waals surface area contributed by atoms with E-state index in [0.29, 0.717) is 11.3 Å². The Balaban J connectivity index is 1.38. The molecule has 60 heavy (non-hydrogen) atoms. The second-order valence-electron chi connectivity index (χ2n) is 14.9. The average Bonchev–Trinajstić information content (AvgIpc) is 3.26. The number of fused-ring (bicyclic) bond motifs is 6. The normalized spacial score (nSPS) is 11.5. The number of hydrogen-bond acceptors (Lipinski definition) is 1. The van der Waals surface area contributed by atoms with E-state index >= 15 is 0 Å². The van der Waals surface area contributed by atoms with Crippen LogP contribution in [-0.2, 0) is 0 Å². The molecule has 0 atom stereocenters. The minimum atomic E-state index is -0.0353. The zero-order chi connectivity index (χ0) is 42.5. The summed E-state index contributed by atoms with van der Waals surface area (Å²) in [5.74, 6) is 0. The molecule has 1 nitrogen and oxygen atoms in total. The molecule has 9 rings (SSSR count). The fraction of sp³-hybridized carbons (Fsp3) is 0. The smallest absolute Gasteiger partial charge is 0.115 e. The number of benzene rings is 9. The third-order valence-electron chi connectivity index (χ3n) is 11.7. The Morgan fingerprint density at radius 2 is 0.633 bits per heavy atom. The lowest BCUT2D eigenvalue weighted by atomic mass is 9.56. The third-order valence-corrected chi connectivity index (χ3v) is 11.7. The first kappa shape index (κ1) is 40.1. The van der Waals surface area contributed by atoms with Crippen LogP contribution in [0.4, 0.5) is 17.1 Å². The first-order valence-corrected chi connectivity index (χ1v) is 18.9. The van der Waals surface area contributed by atoms with E-state index in [0.717, 1.165) is 48.7 Å². The monoisotopic (exact) mass is 727 g/mol. The molecule has 9 aromatic carbocycles. The van der Waals surface area contributed by atoms with Crippen molar-refractivity contribution in [2.24, 2.45) is 0 Å². The molecule has 246 valence electrons. The molecule has 0 spiro atoms. The summed E-state index contributed by atoms with van der Waals surface area (Å²) in [7, 11) is 88.4. The van der Waals surface area contributed by atoms with Gasteiger partial charge in [0.1, 0.15) is 102 Å². The van der Waals surface area contributed by atoms with Crippen molar-refractivity contribution < 1.29 is 0 Å². The Morgan fingerprint density at radius 3 is 1.17 bits per heavy atom. The van der Waals surface area contributed by atoms with E-state index < -0.39 is 0 Å². The first-order chi connectivity index (χ1) is 28.7. The molecule has 0 N–H and O–H groups in total. The van der Waals surface area contributed by atoms with Crippen LogP contribution in [0.5, 0.6) is 0 Å². The standard InChI is InChI=1S/C46H18B13N/c47-32-29(22-16-15-20-14-13-19-7-1-3-9-23(19)27(20)17-22)33(48)42(57)45(41(32)56)60(28-18-21-8-2-4-10-24(21)25-11-5-6-12-26(25)28)46-43(58)36(51)31(37(52)44(46)59)30-34(49)38(53)40(55)39(54)35(30)50/h1-18H. The quantitative estimate of drug-likeness (QED) is 0.140. The molecule has 0 amide bonds. The molecule has 0 heterocycles. The second-order valence-corrected chi connectivity index (χ2v) is 14.9. The van der Waals surface area contributed by atoms with Gasteiger partial charge in [-0.25, -0.2) is 0 Å². The van der Waals surface area contributed by atoms with Crippen LogP contribution in [0.15, 0.2) is 109 Å². The summed E-state index contributed by atoms with van der Waals surface area (Å²) in [6, 6.07) is 36.1. The van der Waals surface area contributed by atoms with Gasteiger partial charge in [-0.05, 0) is 72.1 Å². The minimum absolute atomic E-state index is 0.00663. The van der Waals surface area contributed by atoms with Gasteiger partial charge in [-0.1, -0.05) is 152 Å². The van der Waals surface area contributed by atoms with Crippen LogP contribution in [0.25, 0.3) is 65.3 Å². The highest BCUT2D eigenvalue weighted by Crippen LogP contribution is 2.40. The van der Waals surface area contributed by atoms with Crippen molar-refractivity contribution >= 4 is 233 Å². The van der Waals surface area contributed by atoms with Crippen molar-refractivity contribution in [2.75, 3.05) is 4.90 Å². The molecule has 0 fully saturated rings. The predicted octanol–water partition coefficient (Wildman–Crippen LogP) is -2.58. The van der Waals surface area contributed by atoms with Gasteiger partial charge in [0.15, 0.2) is 0 Å². The maximum absolute atomic E-state index is 7.19. The molecule has 0 aromatic heterocycles. The Morgan fingerprint density at radius 1 is 0.267 bits per heavy atom. The fourth-order valence-electron chi connectivity index (χ4n) is 8.54. The van der Waals surface area contributed by atoms with Gasteiger partial charge < -0.3 is 4.90 Å². The highest BCUT2D eigenvalue weighted by molar-refractivity contribution is 6.71. The maximum Gasteiger partial charge on any atom is 0.115 e. The lowest BCUT2D eigenvalue weighted by Crippen LogP contribution is -2.57. The highest BCUT2D eigenvalue weighted by Gasteiger charge is 2.28. The zero-order valence-electron chi connectivity index (χ0n) is 32.3. The van der Waals surface area contributed by atoms with Gasteiger partial charge in [-0.15, -0.1) is 16.4 Å². The third kappa shape index (κ3) is 5.95. The van der Waals surface area contributed by atoms with E-state index in [1.807, 2.05) is 84.9 Å². The maximum atomic E-state index is 7.19.